The van der Waals surface area contributed by atoms with Crippen LogP contribution in [0.25, 0.3) is 11.0 Å². The normalized spacial score (nSPS) is 19.1. The maximum absolute atomic E-state index is 14.0. The molecule has 5 heterocycles. The predicted molar refractivity (Wildman–Crippen MR) is 229 cm³/mol. The van der Waals surface area contributed by atoms with Gasteiger partial charge in [-0.15, -0.1) is 0 Å². The lowest BCUT2D eigenvalue weighted by Crippen LogP contribution is -2.76. The number of aromatic amines is 1. The molecule has 9 rings (SSSR count). The standard InChI is InChI=1S/C45H50N8O6S/c1-57-49-41-25-38(9-11-40(41)47-26-30-13-20-58-21-14-30)60(56)50-44(54)39-10-8-35(24-42(39)59-37-23-33-12-15-46-43(33)48-27-37)52-18-16-51(17-19-52)29-36-22-32-4-2-3-5-34(32)28-53(36)45(55)31-6-7-31/h2-5,8-12,15,23-25,27-28,30-31,36,47,49H,6-7,13-14,16-22,26,29H2,1H3,(H-,46,48,50,54)/p+2. The molecule has 3 aliphatic heterocycles. The smallest absolute Gasteiger partial charge is 0.390 e. The van der Waals surface area contributed by atoms with Crippen molar-refractivity contribution in [3.05, 3.63) is 102 Å². The van der Waals surface area contributed by atoms with Crippen LogP contribution < -0.4 is 25.2 Å². The number of anilines is 2. The largest absolute Gasteiger partial charge is 0.455 e. The van der Waals surface area contributed by atoms with E-state index < -0.39 is 16.9 Å². The van der Waals surface area contributed by atoms with Gasteiger partial charge in [-0.25, -0.2) is 18.8 Å². The second-order valence-corrected chi connectivity index (χ2v) is 17.3. The Morgan fingerprint density at radius 2 is 1.83 bits per heavy atom. The molecule has 5 N–H and O–H groups in total. The maximum atomic E-state index is 14.0. The fraction of sp³-hybridized carbons (Fsp3) is 0.378. The minimum atomic E-state index is -1.88. The summed E-state index contributed by atoms with van der Waals surface area (Å²) in [5, 5.41) is 4.38. The van der Waals surface area contributed by atoms with Crippen LogP contribution in [-0.2, 0) is 31.8 Å². The molecule has 2 atom stereocenters. The lowest BCUT2D eigenvalue weighted by Gasteiger charge is -2.37. The van der Waals surface area contributed by atoms with Crippen LogP contribution in [0, 0.1) is 11.8 Å². The summed E-state index contributed by atoms with van der Waals surface area (Å²) < 4.78 is 30.4. The number of carbonyl (C=O) groups is 2. The zero-order valence-corrected chi connectivity index (χ0v) is 34.6. The minimum absolute atomic E-state index is 0.0929. The third kappa shape index (κ3) is 9.15. The molecular weight excluding hydrogens is 781 g/mol. The van der Waals surface area contributed by atoms with Crippen molar-refractivity contribution in [2.45, 2.75) is 43.0 Å². The van der Waals surface area contributed by atoms with Crippen LogP contribution in [0.4, 0.5) is 17.1 Å². The molecule has 3 aromatic carbocycles. The molecule has 14 nitrogen and oxygen atoms in total. The molecule has 3 fully saturated rings. The fourth-order valence-corrected chi connectivity index (χ4v) is 9.23. The highest BCUT2D eigenvalue weighted by Crippen LogP contribution is 2.34. The van der Waals surface area contributed by atoms with Crippen LogP contribution in [0.1, 0.15) is 47.2 Å². The number of fused-ring (bicyclic) bond motifs is 2. The number of pyridine rings is 1. The number of aromatic nitrogens is 2. The van der Waals surface area contributed by atoms with Gasteiger partial charge in [0.2, 0.25) is 0 Å². The average Bonchev–Trinajstić information content (AvgIpc) is 4.03. The lowest BCUT2D eigenvalue weighted by atomic mass is 9.96. The highest BCUT2D eigenvalue weighted by molar-refractivity contribution is 7.83. The van der Waals surface area contributed by atoms with Gasteiger partial charge in [0.05, 0.1) is 41.9 Å². The maximum Gasteiger partial charge on any atom is 0.390 e. The molecular formula is C45H52N8O6S+2. The Kier molecular flexibility index (Phi) is 12.0. The molecule has 312 valence electrons. The van der Waals surface area contributed by atoms with Crippen molar-refractivity contribution < 1.29 is 38.2 Å². The number of benzene rings is 3. The summed E-state index contributed by atoms with van der Waals surface area (Å²) in [4.78, 5) is 45.5. The van der Waals surface area contributed by atoms with Gasteiger partial charge in [-0.05, 0) is 79.6 Å². The first-order valence-corrected chi connectivity index (χ1v) is 22.1. The average molecular weight is 833 g/mol. The van der Waals surface area contributed by atoms with Gasteiger partial charge in [-0.2, -0.15) is 10.1 Å². The predicted octanol–water partition coefficient (Wildman–Crippen LogP) is 4.52. The summed E-state index contributed by atoms with van der Waals surface area (Å²) in [5.74, 6) is 1.18. The van der Waals surface area contributed by atoms with Gasteiger partial charge in [0, 0.05) is 87.3 Å². The van der Waals surface area contributed by atoms with Crippen molar-refractivity contribution in [1.82, 2.24) is 19.6 Å². The molecule has 2 saturated heterocycles. The van der Waals surface area contributed by atoms with E-state index in [0.717, 1.165) is 118 Å². The van der Waals surface area contributed by atoms with Crippen LogP contribution >= 0.6 is 0 Å². The number of hydrogen-bond donors (Lipinski definition) is 4. The second kappa shape index (κ2) is 18.0. The molecule has 2 aromatic heterocycles. The summed E-state index contributed by atoms with van der Waals surface area (Å²) in [6.45, 7) is 6.30. The highest BCUT2D eigenvalue weighted by atomic mass is 32.2. The van der Waals surface area contributed by atoms with Gasteiger partial charge < -0.3 is 24.7 Å². The van der Waals surface area contributed by atoms with Crippen LogP contribution in [0.2, 0.25) is 0 Å². The second-order valence-electron chi connectivity index (χ2n) is 16.1. The van der Waals surface area contributed by atoms with Crippen molar-refractivity contribution >= 4 is 57.1 Å². The summed E-state index contributed by atoms with van der Waals surface area (Å²) in [6, 6.07) is 23.2. The van der Waals surface area contributed by atoms with Crippen molar-refractivity contribution in [3.63, 3.8) is 0 Å². The van der Waals surface area contributed by atoms with Crippen molar-refractivity contribution in [3.8, 4) is 11.5 Å². The van der Waals surface area contributed by atoms with E-state index in [1.165, 1.54) is 5.56 Å². The third-order valence-electron chi connectivity index (χ3n) is 12.0. The Bertz CT molecular complexity index is 2420. The van der Waals surface area contributed by atoms with Gasteiger partial charge in [-0.1, -0.05) is 18.2 Å². The Morgan fingerprint density at radius 1 is 1.00 bits per heavy atom. The van der Waals surface area contributed by atoms with E-state index in [2.05, 4.69) is 54.2 Å². The SMILES string of the molecule is CO[NH2+]c1cc(S(=O)NC(=O)c2ccc(N3CCN(CC4Cc5ccccc5C=[N+]4C(=O)C4CC4)CC3)cc2Oc2cnc3[nH]ccc3c2)ccc1NCC1CCOCC1. The first kappa shape index (κ1) is 40.0. The van der Waals surface area contributed by atoms with Gasteiger partial charge in [0.25, 0.3) is 5.91 Å². The molecule has 1 saturated carbocycles. The first-order valence-electron chi connectivity index (χ1n) is 20.9. The Labute approximate surface area is 351 Å². The number of ether oxygens (including phenoxy) is 2. The van der Waals surface area contributed by atoms with E-state index in [-0.39, 0.29) is 23.4 Å². The van der Waals surface area contributed by atoms with E-state index in [9.17, 15) is 13.8 Å². The van der Waals surface area contributed by atoms with Crippen molar-refractivity contribution in [1.29, 1.82) is 0 Å². The number of nitrogens with zero attached hydrogens (tertiary/aromatic N) is 4. The molecule has 0 radical (unpaired) electrons. The lowest BCUT2D eigenvalue weighted by molar-refractivity contribution is -0.829. The topological polar surface area (TPSA) is 158 Å². The molecule has 2 unspecified atom stereocenters. The molecule has 1 aliphatic carbocycles. The van der Waals surface area contributed by atoms with Gasteiger partial charge >= 0.3 is 5.91 Å². The van der Waals surface area contributed by atoms with Gasteiger partial charge in [0.15, 0.2) is 28.9 Å². The number of rotatable bonds is 14. The van der Waals surface area contributed by atoms with E-state index >= 15 is 0 Å². The number of piperazine rings is 1. The van der Waals surface area contributed by atoms with E-state index in [1.54, 1.807) is 37.0 Å². The molecule has 0 bridgehead atoms. The Hall–Kier alpha value is -5.45. The van der Waals surface area contributed by atoms with Crippen molar-refractivity contribution in [2.75, 3.05) is 69.8 Å². The quantitative estimate of drug-likeness (QED) is 0.0713. The monoisotopic (exact) mass is 832 g/mol. The third-order valence-corrected chi connectivity index (χ3v) is 13.0. The highest BCUT2D eigenvalue weighted by Gasteiger charge is 2.43. The number of H-pyrrole nitrogens is 1. The number of carbonyl (C=O) groups excluding carboxylic acids is 2. The molecule has 5 aromatic rings. The molecule has 4 aliphatic rings. The van der Waals surface area contributed by atoms with Gasteiger partial charge in [-0.3, -0.25) is 14.4 Å². The zero-order chi connectivity index (χ0) is 41.0. The van der Waals surface area contributed by atoms with E-state index in [0.29, 0.717) is 22.3 Å². The number of quaternary nitrogens is 1. The van der Waals surface area contributed by atoms with Crippen LogP contribution in [0.15, 0.2) is 90.1 Å². The molecule has 0 spiro atoms. The van der Waals surface area contributed by atoms with Gasteiger partial charge in [0.1, 0.15) is 17.1 Å². The summed E-state index contributed by atoms with van der Waals surface area (Å²) in [6.07, 6.45) is 10.3. The van der Waals surface area contributed by atoms with Crippen molar-refractivity contribution in [2.24, 2.45) is 11.8 Å². The summed E-state index contributed by atoms with van der Waals surface area (Å²) in [5.41, 5.74) is 7.50. The van der Waals surface area contributed by atoms with Crippen LogP contribution in [0.5, 0.6) is 11.5 Å². The Morgan fingerprint density at radius 3 is 2.65 bits per heavy atom. The molecule has 15 heteroatoms. The Balaban J connectivity index is 0.899. The zero-order valence-electron chi connectivity index (χ0n) is 33.8. The summed E-state index contributed by atoms with van der Waals surface area (Å²) >= 11 is 0. The number of amides is 2. The van der Waals surface area contributed by atoms with E-state index in [1.807, 2.05) is 47.2 Å². The minimum Gasteiger partial charge on any atom is -0.455 e. The molecule has 2 amide bonds. The first-order chi connectivity index (χ1) is 29.4. The number of hydrogen-bond acceptors (Lipinski definition) is 10. The van der Waals surface area contributed by atoms with Crippen LogP contribution in [0.3, 0.4) is 0 Å². The fourth-order valence-electron chi connectivity index (χ4n) is 8.40. The number of nitrogens with one attached hydrogen (secondary N) is 3. The van der Waals surface area contributed by atoms with E-state index in [4.69, 9.17) is 14.3 Å². The summed E-state index contributed by atoms with van der Waals surface area (Å²) in [7, 11) is -0.307. The number of nitrogens with two attached hydrogens (primary N) is 1. The van der Waals surface area contributed by atoms with Crippen LogP contribution in [-0.4, -0.2) is 107 Å². The molecule has 60 heavy (non-hydrogen) atoms.